The number of hydrogen-bond acceptors (Lipinski definition) is 4. The van der Waals surface area contributed by atoms with E-state index in [1.807, 2.05) is 0 Å². The van der Waals surface area contributed by atoms with Crippen molar-refractivity contribution in [2.24, 2.45) is 0 Å². The molecular weight excluding hydrogens is 192 g/mol. The Balaban J connectivity index is 2.36. The maximum absolute atomic E-state index is 11.1. The van der Waals surface area contributed by atoms with Gasteiger partial charge in [-0.05, 0) is 27.4 Å². The number of likely N-dealkylation sites (N-methyl/N-ethyl adjacent to an activating group) is 1. The Morgan fingerprint density at radius 3 is 2.73 bits per heavy atom. The van der Waals surface area contributed by atoms with Gasteiger partial charge in [0.1, 0.15) is 0 Å². The predicted molar refractivity (Wildman–Crippen MR) is 59.8 cm³/mol. The molecule has 0 radical (unpaired) electrons. The summed E-state index contributed by atoms with van der Waals surface area (Å²) in [5.41, 5.74) is 0. The van der Waals surface area contributed by atoms with Crippen LogP contribution in [0.2, 0.25) is 0 Å². The van der Waals surface area contributed by atoms with Crippen molar-refractivity contribution in [1.82, 2.24) is 9.80 Å². The summed E-state index contributed by atoms with van der Waals surface area (Å²) in [6.07, 6.45) is 1.69. The molecule has 1 aliphatic rings. The minimum atomic E-state index is -0.115. The van der Waals surface area contributed by atoms with Gasteiger partial charge in [-0.1, -0.05) is 0 Å². The lowest BCUT2D eigenvalue weighted by Gasteiger charge is -2.24. The van der Waals surface area contributed by atoms with E-state index in [9.17, 15) is 4.79 Å². The first-order valence-corrected chi connectivity index (χ1v) is 5.52. The molecule has 4 heteroatoms. The SMILES string of the molecule is COC(=O)CC(C)N1CCC(N(C)C)C1. The molecule has 15 heavy (non-hydrogen) atoms. The molecule has 1 fully saturated rings. The van der Waals surface area contributed by atoms with Gasteiger partial charge in [0.15, 0.2) is 0 Å². The van der Waals surface area contributed by atoms with Gasteiger partial charge in [-0.2, -0.15) is 0 Å². The molecule has 0 spiro atoms. The molecule has 0 bridgehead atoms. The van der Waals surface area contributed by atoms with Gasteiger partial charge in [0, 0.05) is 25.2 Å². The molecule has 0 N–H and O–H groups in total. The monoisotopic (exact) mass is 214 g/mol. The number of methoxy groups -OCH3 is 1. The third-order valence-electron chi connectivity index (χ3n) is 3.24. The summed E-state index contributed by atoms with van der Waals surface area (Å²) in [5.74, 6) is -0.115. The molecule has 1 saturated heterocycles. The number of carbonyl (C=O) groups excluding carboxylic acids is 1. The van der Waals surface area contributed by atoms with Crippen molar-refractivity contribution in [3.8, 4) is 0 Å². The van der Waals surface area contributed by atoms with Gasteiger partial charge >= 0.3 is 5.97 Å². The van der Waals surface area contributed by atoms with E-state index in [-0.39, 0.29) is 5.97 Å². The first kappa shape index (κ1) is 12.5. The van der Waals surface area contributed by atoms with Crippen molar-refractivity contribution in [2.75, 3.05) is 34.3 Å². The summed E-state index contributed by atoms with van der Waals surface area (Å²) in [6, 6.07) is 0.924. The third kappa shape index (κ3) is 3.47. The molecule has 0 aromatic carbocycles. The van der Waals surface area contributed by atoms with E-state index in [1.165, 1.54) is 13.5 Å². The molecule has 0 saturated carbocycles. The number of ether oxygens (including phenoxy) is 1. The van der Waals surface area contributed by atoms with Crippen molar-refractivity contribution >= 4 is 5.97 Å². The van der Waals surface area contributed by atoms with Crippen LogP contribution < -0.4 is 0 Å². The molecule has 1 rings (SSSR count). The van der Waals surface area contributed by atoms with E-state index < -0.39 is 0 Å². The van der Waals surface area contributed by atoms with Crippen LogP contribution in [0, 0.1) is 0 Å². The van der Waals surface area contributed by atoms with Gasteiger partial charge in [-0.3, -0.25) is 9.69 Å². The van der Waals surface area contributed by atoms with Gasteiger partial charge in [0.25, 0.3) is 0 Å². The van der Waals surface area contributed by atoms with Crippen LogP contribution in [-0.2, 0) is 9.53 Å². The molecule has 2 unspecified atom stereocenters. The van der Waals surface area contributed by atoms with Crippen LogP contribution in [0.3, 0.4) is 0 Å². The Hall–Kier alpha value is -0.610. The average molecular weight is 214 g/mol. The Kier molecular flexibility index (Phi) is 4.54. The van der Waals surface area contributed by atoms with E-state index in [0.29, 0.717) is 18.5 Å². The molecular formula is C11H22N2O2. The minimum absolute atomic E-state index is 0.115. The lowest BCUT2D eigenvalue weighted by atomic mass is 10.2. The average Bonchev–Trinajstić information content (AvgIpc) is 2.66. The highest BCUT2D eigenvalue weighted by Crippen LogP contribution is 2.17. The summed E-state index contributed by atoms with van der Waals surface area (Å²) in [4.78, 5) is 15.8. The van der Waals surface area contributed by atoms with Crippen molar-refractivity contribution < 1.29 is 9.53 Å². The second-order valence-electron chi connectivity index (χ2n) is 4.53. The number of hydrogen-bond donors (Lipinski definition) is 0. The summed E-state index contributed by atoms with van der Waals surface area (Å²) >= 11 is 0. The third-order valence-corrected chi connectivity index (χ3v) is 3.24. The standard InChI is InChI=1S/C11H22N2O2/c1-9(7-11(14)15-4)13-6-5-10(8-13)12(2)3/h9-10H,5-8H2,1-4H3. The summed E-state index contributed by atoms with van der Waals surface area (Å²) in [7, 11) is 5.67. The molecule has 0 amide bonds. The molecule has 0 aromatic heterocycles. The zero-order valence-corrected chi connectivity index (χ0v) is 10.2. The maximum Gasteiger partial charge on any atom is 0.307 e. The molecule has 1 heterocycles. The van der Waals surface area contributed by atoms with E-state index in [2.05, 4.69) is 35.6 Å². The van der Waals surface area contributed by atoms with Gasteiger partial charge in [0.05, 0.1) is 13.5 Å². The predicted octanol–water partition coefficient (Wildman–Crippen LogP) is 0.574. The Bertz CT molecular complexity index is 219. The number of nitrogens with zero attached hydrogens (tertiary/aromatic N) is 2. The Morgan fingerprint density at radius 1 is 1.60 bits per heavy atom. The van der Waals surface area contributed by atoms with E-state index >= 15 is 0 Å². The van der Waals surface area contributed by atoms with Gasteiger partial charge < -0.3 is 9.64 Å². The fourth-order valence-corrected chi connectivity index (χ4v) is 2.04. The number of carbonyl (C=O) groups is 1. The van der Waals surface area contributed by atoms with Crippen LogP contribution in [0.4, 0.5) is 0 Å². The minimum Gasteiger partial charge on any atom is -0.469 e. The van der Waals surface area contributed by atoms with Crippen LogP contribution in [0.15, 0.2) is 0 Å². The van der Waals surface area contributed by atoms with E-state index in [1.54, 1.807) is 0 Å². The largest absolute Gasteiger partial charge is 0.469 e. The molecule has 2 atom stereocenters. The molecule has 0 aromatic rings. The quantitative estimate of drug-likeness (QED) is 0.641. The highest BCUT2D eigenvalue weighted by molar-refractivity contribution is 5.69. The first-order chi connectivity index (χ1) is 7.04. The number of likely N-dealkylation sites (tertiary alicyclic amines) is 1. The lowest BCUT2D eigenvalue weighted by molar-refractivity contribution is -0.141. The van der Waals surface area contributed by atoms with Gasteiger partial charge in [0.2, 0.25) is 0 Å². The molecule has 1 aliphatic heterocycles. The van der Waals surface area contributed by atoms with E-state index in [0.717, 1.165) is 13.1 Å². The zero-order valence-electron chi connectivity index (χ0n) is 10.2. The highest BCUT2D eigenvalue weighted by Gasteiger charge is 2.28. The molecule has 88 valence electrons. The molecule has 4 nitrogen and oxygen atoms in total. The Labute approximate surface area is 92.2 Å². The topological polar surface area (TPSA) is 32.8 Å². The number of rotatable bonds is 4. The van der Waals surface area contributed by atoms with Crippen LogP contribution in [0.5, 0.6) is 0 Å². The van der Waals surface area contributed by atoms with E-state index in [4.69, 9.17) is 0 Å². The van der Waals surface area contributed by atoms with Crippen LogP contribution in [0.25, 0.3) is 0 Å². The van der Waals surface area contributed by atoms with Crippen molar-refractivity contribution in [3.05, 3.63) is 0 Å². The summed E-state index contributed by atoms with van der Waals surface area (Å²) in [6.45, 7) is 4.24. The fraction of sp³-hybridized carbons (Fsp3) is 0.909. The maximum atomic E-state index is 11.1. The van der Waals surface area contributed by atoms with Crippen LogP contribution in [-0.4, -0.2) is 62.1 Å². The first-order valence-electron chi connectivity index (χ1n) is 5.52. The van der Waals surface area contributed by atoms with Crippen LogP contribution >= 0.6 is 0 Å². The van der Waals surface area contributed by atoms with Gasteiger partial charge in [-0.15, -0.1) is 0 Å². The van der Waals surface area contributed by atoms with Crippen LogP contribution in [0.1, 0.15) is 19.8 Å². The Morgan fingerprint density at radius 2 is 2.27 bits per heavy atom. The lowest BCUT2D eigenvalue weighted by Crippen LogP contribution is -2.36. The second kappa shape index (κ2) is 5.47. The second-order valence-corrected chi connectivity index (χ2v) is 4.53. The molecule has 0 aliphatic carbocycles. The fourth-order valence-electron chi connectivity index (χ4n) is 2.04. The summed E-state index contributed by atoms with van der Waals surface area (Å²) in [5, 5.41) is 0. The normalized spacial score (nSPS) is 24.5. The van der Waals surface area contributed by atoms with Crippen molar-refractivity contribution in [2.45, 2.75) is 31.8 Å². The highest BCUT2D eigenvalue weighted by atomic mass is 16.5. The zero-order chi connectivity index (χ0) is 11.4. The van der Waals surface area contributed by atoms with Gasteiger partial charge in [-0.25, -0.2) is 0 Å². The van der Waals surface area contributed by atoms with Crippen molar-refractivity contribution in [1.29, 1.82) is 0 Å². The number of esters is 1. The van der Waals surface area contributed by atoms with Crippen molar-refractivity contribution in [3.63, 3.8) is 0 Å². The smallest absolute Gasteiger partial charge is 0.307 e. The summed E-state index contributed by atoms with van der Waals surface area (Å²) < 4.78 is 4.68.